The van der Waals surface area contributed by atoms with Crippen molar-refractivity contribution in [2.45, 2.75) is 33.2 Å². The van der Waals surface area contributed by atoms with Crippen LogP contribution in [0, 0.1) is 11.8 Å². The summed E-state index contributed by atoms with van der Waals surface area (Å²) in [6.07, 6.45) is 0.915. The molecule has 0 aliphatic carbocycles. The van der Waals surface area contributed by atoms with E-state index in [4.69, 9.17) is 0 Å². The van der Waals surface area contributed by atoms with E-state index in [0.717, 1.165) is 6.42 Å². The molecule has 6 nitrogen and oxygen atoms in total. The van der Waals surface area contributed by atoms with Crippen LogP contribution in [0.15, 0.2) is 11.4 Å². The summed E-state index contributed by atoms with van der Waals surface area (Å²) in [6.45, 7) is 7.18. The first-order valence-electron chi connectivity index (χ1n) is 8.22. The SMILES string of the molecule is CCc1cc(C(=O)N2CC(NS(=O)(=O)N(C)C)C(C(C)C)C2)cs1. The lowest BCUT2D eigenvalue weighted by Gasteiger charge is -2.24. The minimum Gasteiger partial charge on any atom is -0.337 e. The number of nitrogens with zero attached hydrogens (tertiary/aromatic N) is 2. The van der Waals surface area contributed by atoms with Gasteiger partial charge in [-0.1, -0.05) is 20.8 Å². The lowest BCUT2D eigenvalue weighted by molar-refractivity contribution is 0.0783. The van der Waals surface area contributed by atoms with E-state index in [0.29, 0.717) is 18.7 Å². The third-order valence-electron chi connectivity index (χ3n) is 4.54. The molecule has 1 fully saturated rings. The fourth-order valence-corrected chi connectivity index (χ4v) is 4.60. The summed E-state index contributed by atoms with van der Waals surface area (Å²) >= 11 is 1.59. The fourth-order valence-electron chi connectivity index (χ4n) is 2.95. The molecular formula is C16H27N3O3S2. The molecule has 0 radical (unpaired) electrons. The third kappa shape index (κ3) is 4.17. The molecule has 0 bridgehead atoms. The number of amides is 1. The Hall–Kier alpha value is -0.960. The zero-order chi connectivity index (χ0) is 18.1. The van der Waals surface area contributed by atoms with Gasteiger partial charge in [-0.2, -0.15) is 17.4 Å². The van der Waals surface area contributed by atoms with E-state index < -0.39 is 10.2 Å². The molecule has 1 aromatic rings. The monoisotopic (exact) mass is 373 g/mol. The predicted molar refractivity (Wildman–Crippen MR) is 97.5 cm³/mol. The Morgan fingerprint density at radius 2 is 2.08 bits per heavy atom. The van der Waals surface area contributed by atoms with Crippen molar-refractivity contribution in [2.75, 3.05) is 27.2 Å². The summed E-state index contributed by atoms with van der Waals surface area (Å²) in [5.74, 6) is 0.377. The number of likely N-dealkylation sites (tertiary alicyclic amines) is 1. The van der Waals surface area contributed by atoms with Crippen LogP contribution in [0.5, 0.6) is 0 Å². The molecule has 0 spiro atoms. The molecule has 1 aromatic heterocycles. The van der Waals surface area contributed by atoms with Crippen LogP contribution in [0.3, 0.4) is 0 Å². The zero-order valence-electron chi connectivity index (χ0n) is 14.9. The normalized spacial score (nSPS) is 21.9. The molecule has 2 atom stereocenters. The highest BCUT2D eigenvalue weighted by atomic mass is 32.2. The molecule has 1 aliphatic rings. The minimum absolute atomic E-state index is 0.0110. The first-order chi connectivity index (χ1) is 11.2. The molecule has 2 rings (SSSR count). The van der Waals surface area contributed by atoms with Crippen LogP contribution in [0.1, 0.15) is 36.0 Å². The molecule has 136 valence electrons. The number of rotatable bonds is 6. The van der Waals surface area contributed by atoms with Gasteiger partial charge in [-0.25, -0.2) is 0 Å². The van der Waals surface area contributed by atoms with Crippen molar-refractivity contribution in [1.29, 1.82) is 0 Å². The molecule has 1 aliphatic heterocycles. The number of nitrogens with one attached hydrogen (secondary N) is 1. The molecule has 0 aromatic carbocycles. The Morgan fingerprint density at radius 1 is 1.42 bits per heavy atom. The Balaban J connectivity index is 2.15. The number of carbonyl (C=O) groups excluding carboxylic acids is 1. The Labute approximate surface area is 149 Å². The average molecular weight is 374 g/mol. The van der Waals surface area contributed by atoms with E-state index in [1.165, 1.54) is 23.3 Å². The van der Waals surface area contributed by atoms with E-state index in [-0.39, 0.29) is 23.8 Å². The highest BCUT2D eigenvalue weighted by molar-refractivity contribution is 7.87. The maximum Gasteiger partial charge on any atom is 0.279 e. The Bertz CT molecular complexity index is 682. The smallest absolute Gasteiger partial charge is 0.279 e. The maximum absolute atomic E-state index is 12.7. The molecule has 1 amide bonds. The van der Waals surface area contributed by atoms with Crippen molar-refractivity contribution < 1.29 is 13.2 Å². The number of thiophene rings is 1. The van der Waals surface area contributed by atoms with Crippen molar-refractivity contribution >= 4 is 27.5 Å². The van der Waals surface area contributed by atoms with E-state index in [1.54, 1.807) is 16.2 Å². The number of hydrogen-bond donors (Lipinski definition) is 1. The zero-order valence-corrected chi connectivity index (χ0v) is 16.6. The highest BCUT2D eigenvalue weighted by Gasteiger charge is 2.39. The van der Waals surface area contributed by atoms with Gasteiger partial charge >= 0.3 is 0 Å². The fraction of sp³-hybridized carbons (Fsp3) is 0.688. The van der Waals surface area contributed by atoms with Gasteiger partial charge in [0.25, 0.3) is 16.1 Å². The molecule has 24 heavy (non-hydrogen) atoms. The summed E-state index contributed by atoms with van der Waals surface area (Å²) < 4.78 is 28.2. The van der Waals surface area contributed by atoms with Gasteiger partial charge < -0.3 is 4.90 Å². The third-order valence-corrected chi connectivity index (χ3v) is 7.18. The summed E-state index contributed by atoms with van der Waals surface area (Å²) in [7, 11) is -0.510. The van der Waals surface area contributed by atoms with Gasteiger partial charge in [0.1, 0.15) is 0 Å². The van der Waals surface area contributed by atoms with Gasteiger partial charge in [0.15, 0.2) is 0 Å². The highest BCUT2D eigenvalue weighted by Crippen LogP contribution is 2.27. The molecule has 1 saturated heterocycles. The van der Waals surface area contributed by atoms with E-state index in [2.05, 4.69) is 25.5 Å². The van der Waals surface area contributed by atoms with Gasteiger partial charge in [0.05, 0.1) is 5.56 Å². The van der Waals surface area contributed by atoms with Gasteiger partial charge in [-0.15, -0.1) is 11.3 Å². The van der Waals surface area contributed by atoms with Crippen LogP contribution in [-0.4, -0.2) is 56.8 Å². The first kappa shape index (κ1) is 19.4. The van der Waals surface area contributed by atoms with Crippen LogP contribution in [0.4, 0.5) is 0 Å². The second kappa shape index (κ2) is 7.51. The van der Waals surface area contributed by atoms with Crippen LogP contribution >= 0.6 is 11.3 Å². The van der Waals surface area contributed by atoms with Crippen molar-refractivity contribution in [3.63, 3.8) is 0 Å². The van der Waals surface area contributed by atoms with Crippen LogP contribution in [0.25, 0.3) is 0 Å². The maximum atomic E-state index is 12.7. The second-order valence-electron chi connectivity index (χ2n) is 6.79. The Morgan fingerprint density at radius 3 is 2.58 bits per heavy atom. The van der Waals surface area contributed by atoms with Crippen molar-refractivity contribution in [1.82, 2.24) is 13.9 Å². The van der Waals surface area contributed by atoms with Crippen molar-refractivity contribution in [3.05, 3.63) is 21.9 Å². The topological polar surface area (TPSA) is 69.7 Å². The Kier molecular flexibility index (Phi) is 6.06. The van der Waals surface area contributed by atoms with Crippen molar-refractivity contribution in [2.24, 2.45) is 11.8 Å². The van der Waals surface area contributed by atoms with Crippen LogP contribution in [-0.2, 0) is 16.6 Å². The minimum atomic E-state index is -3.51. The van der Waals surface area contributed by atoms with Crippen LogP contribution in [0.2, 0.25) is 0 Å². The van der Waals surface area contributed by atoms with Gasteiger partial charge in [0.2, 0.25) is 0 Å². The predicted octanol–water partition coefficient (Wildman–Crippen LogP) is 1.80. The quantitative estimate of drug-likeness (QED) is 0.827. The van der Waals surface area contributed by atoms with Gasteiger partial charge in [0, 0.05) is 43.5 Å². The van der Waals surface area contributed by atoms with E-state index >= 15 is 0 Å². The lowest BCUT2D eigenvalue weighted by Crippen LogP contribution is -2.46. The number of aryl methyl sites for hydroxylation is 1. The number of hydrogen-bond acceptors (Lipinski definition) is 4. The second-order valence-corrected chi connectivity index (χ2v) is 9.70. The van der Waals surface area contributed by atoms with Gasteiger partial charge in [-0.3, -0.25) is 4.79 Å². The number of carbonyl (C=O) groups is 1. The molecule has 8 heteroatoms. The standard InChI is InChI=1S/C16H27N3O3S2/c1-6-13-7-12(10-23-13)16(20)19-8-14(11(2)3)15(9-19)17-24(21,22)18(4)5/h7,10-11,14-15,17H,6,8-9H2,1-5H3. The summed E-state index contributed by atoms with van der Waals surface area (Å²) in [5.41, 5.74) is 0.704. The summed E-state index contributed by atoms with van der Waals surface area (Å²) in [4.78, 5) is 15.7. The first-order valence-corrected chi connectivity index (χ1v) is 10.5. The van der Waals surface area contributed by atoms with Crippen LogP contribution < -0.4 is 4.72 Å². The molecule has 0 saturated carbocycles. The largest absolute Gasteiger partial charge is 0.337 e. The molecular weight excluding hydrogens is 346 g/mol. The lowest BCUT2D eigenvalue weighted by atomic mass is 9.92. The van der Waals surface area contributed by atoms with Crippen molar-refractivity contribution in [3.8, 4) is 0 Å². The molecule has 2 heterocycles. The molecule has 2 unspecified atom stereocenters. The van der Waals surface area contributed by atoms with Gasteiger partial charge in [-0.05, 0) is 24.3 Å². The summed E-state index contributed by atoms with van der Waals surface area (Å²) in [5, 5.41) is 1.89. The van der Waals surface area contributed by atoms with E-state index in [9.17, 15) is 13.2 Å². The summed E-state index contributed by atoms with van der Waals surface area (Å²) in [6, 6.07) is 1.68. The molecule has 1 N–H and O–H groups in total. The average Bonchev–Trinajstić information content (AvgIpc) is 3.12. The van der Waals surface area contributed by atoms with E-state index in [1.807, 2.05) is 11.4 Å².